The standard InChI is InChI=1S/C18H15N3O4/c1-11(22)19-14-8-4-5-9-15(14)20-16(23)10-21-17(24)12-6-2-3-7-13(12)18(21)25/h2-9H,10H2,1H3,(H,19,22)(H,20,23). The number of carbonyl (C=O) groups excluding carboxylic acids is 4. The molecule has 0 aliphatic carbocycles. The van der Waals surface area contributed by atoms with Crippen LogP contribution >= 0.6 is 0 Å². The molecular formula is C18H15N3O4. The van der Waals surface area contributed by atoms with Gasteiger partial charge in [0.05, 0.1) is 22.5 Å². The second kappa shape index (κ2) is 6.56. The summed E-state index contributed by atoms with van der Waals surface area (Å²) in [5.74, 6) is -1.80. The van der Waals surface area contributed by atoms with E-state index in [0.717, 1.165) is 4.90 Å². The third-order valence-corrected chi connectivity index (χ3v) is 3.69. The summed E-state index contributed by atoms with van der Waals surface area (Å²) in [4.78, 5) is 49.0. The van der Waals surface area contributed by atoms with Crippen LogP contribution in [0.3, 0.4) is 0 Å². The SMILES string of the molecule is CC(=O)Nc1ccccc1NC(=O)CN1C(=O)c2ccccc2C1=O. The van der Waals surface area contributed by atoms with Crippen molar-refractivity contribution in [2.24, 2.45) is 0 Å². The maximum atomic E-state index is 12.3. The topological polar surface area (TPSA) is 95.6 Å². The molecule has 0 unspecified atom stereocenters. The van der Waals surface area contributed by atoms with E-state index >= 15 is 0 Å². The number of amides is 4. The van der Waals surface area contributed by atoms with Crippen LogP contribution in [0.5, 0.6) is 0 Å². The number of nitrogens with one attached hydrogen (secondary N) is 2. The summed E-state index contributed by atoms with van der Waals surface area (Å²) < 4.78 is 0. The van der Waals surface area contributed by atoms with Crippen LogP contribution in [-0.4, -0.2) is 35.1 Å². The Bertz CT molecular complexity index is 856. The summed E-state index contributed by atoms with van der Waals surface area (Å²) in [6.07, 6.45) is 0. The van der Waals surface area contributed by atoms with Gasteiger partial charge in [-0.2, -0.15) is 0 Å². The molecule has 126 valence electrons. The van der Waals surface area contributed by atoms with Crippen molar-refractivity contribution in [2.75, 3.05) is 17.2 Å². The first-order valence-electron chi connectivity index (χ1n) is 7.59. The number of hydrogen-bond acceptors (Lipinski definition) is 4. The lowest BCUT2D eigenvalue weighted by Gasteiger charge is -2.15. The molecule has 0 bridgehead atoms. The Labute approximate surface area is 143 Å². The van der Waals surface area contributed by atoms with E-state index in [1.54, 1.807) is 48.5 Å². The van der Waals surface area contributed by atoms with Gasteiger partial charge in [-0.05, 0) is 24.3 Å². The number of benzene rings is 2. The summed E-state index contributed by atoms with van der Waals surface area (Å²) in [5, 5.41) is 5.21. The van der Waals surface area contributed by atoms with Gasteiger partial charge in [0.1, 0.15) is 6.54 Å². The van der Waals surface area contributed by atoms with Crippen molar-refractivity contribution in [3.63, 3.8) is 0 Å². The Hall–Kier alpha value is -3.48. The minimum Gasteiger partial charge on any atom is -0.325 e. The zero-order chi connectivity index (χ0) is 18.0. The lowest BCUT2D eigenvalue weighted by Crippen LogP contribution is -2.37. The Morgan fingerprint density at radius 3 is 1.84 bits per heavy atom. The monoisotopic (exact) mass is 337 g/mol. The van der Waals surface area contributed by atoms with Gasteiger partial charge in [-0.15, -0.1) is 0 Å². The second-order valence-electron chi connectivity index (χ2n) is 5.52. The molecule has 7 nitrogen and oxygen atoms in total. The van der Waals surface area contributed by atoms with Crippen LogP contribution in [-0.2, 0) is 9.59 Å². The van der Waals surface area contributed by atoms with Crippen LogP contribution in [0, 0.1) is 0 Å². The molecule has 2 aromatic rings. The first-order chi connectivity index (χ1) is 12.0. The van der Waals surface area contributed by atoms with Gasteiger partial charge in [0.25, 0.3) is 11.8 Å². The molecule has 7 heteroatoms. The third kappa shape index (κ3) is 3.25. The highest BCUT2D eigenvalue weighted by atomic mass is 16.2. The van der Waals surface area contributed by atoms with Crippen molar-refractivity contribution in [1.29, 1.82) is 0 Å². The summed E-state index contributed by atoms with van der Waals surface area (Å²) in [7, 11) is 0. The van der Waals surface area contributed by atoms with Crippen LogP contribution in [0.15, 0.2) is 48.5 Å². The molecule has 0 saturated carbocycles. The Kier molecular flexibility index (Phi) is 4.30. The van der Waals surface area contributed by atoms with E-state index in [1.165, 1.54) is 6.92 Å². The fourth-order valence-electron chi connectivity index (χ4n) is 2.61. The molecule has 0 spiro atoms. The second-order valence-corrected chi connectivity index (χ2v) is 5.52. The first kappa shape index (κ1) is 16.4. The molecule has 0 radical (unpaired) electrons. The van der Waals surface area contributed by atoms with E-state index in [1.807, 2.05) is 0 Å². The van der Waals surface area contributed by atoms with E-state index in [2.05, 4.69) is 10.6 Å². The Morgan fingerprint density at radius 2 is 1.32 bits per heavy atom. The molecule has 2 N–H and O–H groups in total. The van der Waals surface area contributed by atoms with Gasteiger partial charge < -0.3 is 10.6 Å². The molecule has 4 amide bonds. The number of rotatable bonds is 4. The average Bonchev–Trinajstić information content (AvgIpc) is 2.82. The van der Waals surface area contributed by atoms with Gasteiger partial charge in [0.2, 0.25) is 11.8 Å². The van der Waals surface area contributed by atoms with Gasteiger partial charge in [0.15, 0.2) is 0 Å². The zero-order valence-corrected chi connectivity index (χ0v) is 13.4. The molecule has 25 heavy (non-hydrogen) atoms. The molecule has 1 aliphatic heterocycles. The number of imide groups is 1. The summed E-state index contributed by atoms with van der Waals surface area (Å²) in [5.41, 5.74) is 1.41. The van der Waals surface area contributed by atoms with Crippen molar-refractivity contribution in [3.8, 4) is 0 Å². The minimum absolute atomic E-state index is 0.276. The van der Waals surface area contributed by atoms with Crippen LogP contribution in [0.2, 0.25) is 0 Å². The zero-order valence-electron chi connectivity index (χ0n) is 13.4. The highest BCUT2D eigenvalue weighted by Gasteiger charge is 2.36. The normalized spacial score (nSPS) is 12.8. The highest BCUT2D eigenvalue weighted by molar-refractivity contribution is 6.22. The van der Waals surface area contributed by atoms with Gasteiger partial charge in [0, 0.05) is 6.92 Å². The van der Waals surface area contributed by atoms with Crippen molar-refractivity contribution in [3.05, 3.63) is 59.7 Å². The lowest BCUT2D eigenvalue weighted by atomic mass is 10.1. The summed E-state index contributed by atoms with van der Waals surface area (Å²) in [6, 6.07) is 13.1. The number of nitrogens with zero attached hydrogens (tertiary/aromatic N) is 1. The minimum atomic E-state index is -0.535. The summed E-state index contributed by atoms with van der Waals surface area (Å²) in [6.45, 7) is 0.956. The number of carbonyl (C=O) groups is 4. The predicted octanol–water partition coefficient (Wildman–Crippen LogP) is 1.88. The molecule has 0 saturated heterocycles. The maximum absolute atomic E-state index is 12.3. The average molecular weight is 337 g/mol. The quantitative estimate of drug-likeness (QED) is 0.833. The van der Waals surface area contributed by atoms with Crippen LogP contribution in [0.25, 0.3) is 0 Å². The van der Waals surface area contributed by atoms with Gasteiger partial charge in [-0.3, -0.25) is 24.1 Å². The fourth-order valence-corrected chi connectivity index (χ4v) is 2.61. The smallest absolute Gasteiger partial charge is 0.262 e. The predicted molar refractivity (Wildman–Crippen MR) is 91.2 cm³/mol. The lowest BCUT2D eigenvalue weighted by molar-refractivity contribution is -0.116. The Balaban J connectivity index is 1.74. The van der Waals surface area contributed by atoms with Crippen molar-refractivity contribution in [1.82, 2.24) is 4.90 Å². The first-order valence-corrected chi connectivity index (χ1v) is 7.59. The van der Waals surface area contributed by atoms with Gasteiger partial charge in [-0.1, -0.05) is 24.3 Å². The van der Waals surface area contributed by atoms with Crippen molar-refractivity contribution >= 4 is 35.0 Å². The number of para-hydroxylation sites is 2. The van der Waals surface area contributed by atoms with E-state index in [4.69, 9.17) is 0 Å². The fraction of sp³-hybridized carbons (Fsp3) is 0.111. The summed E-state index contributed by atoms with van der Waals surface area (Å²) >= 11 is 0. The van der Waals surface area contributed by atoms with Crippen LogP contribution in [0.4, 0.5) is 11.4 Å². The molecule has 0 fully saturated rings. The molecule has 0 aromatic heterocycles. The molecule has 1 heterocycles. The number of hydrogen-bond donors (Lipinski definition) is 2. The number of anilines is 2. The molecule has 1 aliphatic rings. The maximum Gasteiger partial charge on any atom is 0.262 e. The van der Waals surface area contributed by atoms with Gasteiger partial charge >= 0.3 is 0 Å². The molecular weight excluding hydrogens is 322 g/mol. The van der Waals surface area contributed by atoms with Gasteiger partial charge in [-0.25, -0.2) is 0 Å². The molecule has 3 rings (SSSR count). The van der Waals surface area contributed by atoms with E-state index < -0.39 is 24.3 Å². The number of fused-ring (bicyclic) bond motifs is 1. The van der Waals surface area contributed by atoms with Crippen molar-refractivity contribution < 1.29 is 19.2 Å². The van der Waals surface area contributed by atoms with Crippen molar-refractivity contribution in [2.45, 2.75) is 6.92 Å². The highest BCUT2D eigenvalue weighted by Crippen LogP contribution is 2.23. The van der Waals surface area contributed by atoms with Crippen LogP contribution < -0.4 is 10.6 Å². The molecule has 0 atom stereocenters. The van der Waals surface area contributed by atoms with Crippen LogP contribution in [0.1, 0.15) is 27.6 Å². The third-order valence-electron chi connectivity index (χ3n) is 3.69. The van der Waals surface area contributed by atoms with E-state index in [9.17, 15) is 19.2 Å². The van der Waals surface area contributed by atoms with E-state index in [-0.39, 0.29) is 5.91 Å². The Morgan fingerprint density at radius 1 is 0.840 bits per heavy atom. The molecule has 2 aromatic carbocycles. The largest absolute Gasteiger partial charge is 0.325 e. The van der Waals surface area contributed by atoms with E-state index in [0.29, 0.717) is 22.5 Å².